The zero-order chi connectivity index (χ0) is 55.8. The highest BCUT2D eigenvalue weighted by molar-refractivity contribution is 6.13. The number of carbonyl (C=O) groups excluding carboxylic acids is 2. The van der Waals surface area contributed by atoms with Gasteiger partial charge >= 0.3 is 11.9 Å². The maximum Gasteiger partial charge on any atom is 0.342 e. The predicted molar refractivity (Wildman–Crippen MR) is 306 cm³/mol. The lowest BCUT2D eigenvalue weighted by Crippen LogP contribution is -2.57. The maximum atomic E-state index is 14.1. The van der Waals surface area contributed by atoms with Crippen LogP contribution in [0.25, 0.3) is 0 Å². The van der Waals surface area contributed by atoms with Gasteiger partial charge in [-0.1, -0.05) is 136 Å². The van der Waals surface area contributed by atoms with E-state index < -0.39 is 29.4 Å². The van der Waals surface area contributed by atoms with Gasteiger partial charge in [-0.2, -0.15) is 0 Å². The van der Waals surface area contributed by atoms with Gasteiger partial charge in [0, 0.05) is 36.6 Å². The van der Waals surface area contributed by atoms with Crippen molar-refractivity contribution in [3.63, 3.8) is 0 Å². The van der Waals surface area contributed by atoms with E-state index in [1.807, 2.05) is 147 Å². The van der Waals surface area contributed by atoms with E-state index in [-0.39, 0.29) is 24.2 Å². The lowest BCUT2D eigenvalue weighted by atomic mass is 9.62. The first-order valence-electron chi connectivity index (χ1n) is 27.5. The number of esters is 1. The minimum Gasteiger partial charge on any atom is -0.486 e. The van der Waals surface area contributed by atoms with Crippen LogP contribution in [0.2, 0.25) is 0 Å². The summed E-state index contributed by atoms with van der Waals surface area (Å²) < 4.78 is 41.9. The van der Waals surface area contributed by atoms with E-state index in [4.69, 9.17) is 43.1 Å². The van der Waals surface area contributed by atoms with E-state index in [0.29, 0.717) is 110 Å². The lowest BCUT2D eigenvalue weighted by molar-refractivity contribution is -0.154. The standard InChI is InChI=1S/C34H35NO5.C33H33NO6/c1-3-11-30-33(38-22-25-12-6-4-7-13-25)32(34(36)40-29-18-19-37-23-29)24(2)31(35-30)21-26-14-10-17-28(20-26)39-27-15-8-5-9-16-27;1-3-11-28-31(40-26-15-8-5-9-16-26)33(32(36)37,24-18-19-38-21-24)22(2)29(34-28)30(35)23-12-10-17-27(20-23)39-25-13-6-4-7-14-25/h4-10,12-17,20,29H,3,11,18-19,21-23H2,1-2H3;4-10,12-17,20,24,31H,3,11,18-19,21H2,1-2H3,(H,36,37). The topological polar surface area (TPSA) is 161 Å². The molecule has 0 aliphatic carbocycles. The second-order valence-corrected chi connectivity index (χ2v) is 20.1. The fourth-order valence-electron chi connectivity index (χ4n) is 10.5. The summed E-state index contributed by atoms with van der Waals surface area (Å²) in [4.78, 5) is 51.1. The number of aliphatic imine (C=N–C) groups is 1. The van der Waals surface area contributed by atoms with Crippen molar-refractivity contribution in [2.75, 3.05) is 26.4 Å². The summed E-state index contributed by atoms with van der Waals surface area (Å²) in [5, 5.41) is 11.0. The molecule has 80 heavy (non-hydrogen) atoms. The van der Waals surface area contributed by atoms with Gasteiger partial charge in [0.25, 0.3) is 0 Å². The Hall–Kier alpha value is -8.39. The molecule has 0 radical (unpaired) electrons. The van der Waals surface area contributed by atoms with Crippen LogP contribution in [-0.2, 0) is 38.5 Å². The van der Waals surface area contributed by atoms with Crippen LogP contribution in [0.3, 0.4) is 0 Å². The highest BCUT2D eigenvalue weighted by Crippen LogP contribution is 2.50. The molecule has 1 N–H and O–H groups in total. The molecule has 3 aliphatic heterocycles. The molecule has 3 aliphatic rings. The molecule has 0 amide bonds. The van der Waals surface area contributed by atoms with Crippen LogP contribution >= 0.6 is 0 Å². The van der Waals surface area contributed by atoms with Crippen LogP contribution in [0.15, 0.2) is 186 Å². The Morgan fingerprint density at radius 2 is 1.21 bits per heavy atom. The summed E-state index contributed by atoms with van der Waals surface area (Å²) in [6, 6.07) is 53.0. The van der Waals surface area contributed by atoms with E-state index in [1.165, 1.54) is 0 Å². The van der Waals surface area contributed by atoms with Gasteiger partial charge in [-0.3, -0.25) is 14.6 Å². The monoisotopic (exact) mass is 1080 g/mol. The summed E-state index contributed by atoms with van der Waals surface area (Å²) in [5.74, 6) is 1.56. The van der Waals surface area contributed by atoms with Crippen molar-refractivity contribution in [2.24, 2.45) is 16.3 Å². The zero-order valence-corrected chi connectivity index (χ0v) is 45.8. The number of rotatable bonds is 21. The number of allylic oxidation sites excluding steroid dienone is 1. The number of carbonyl (C=O) groups is 3. The number of pyridine rings is 1. The van der Waals surface area contributed by atoms with E-state index in [0.717, 1.165) is 46.0 Å². The molecule has 10 rings (SSSR count). The molecule has 13 heteroatoms. The second-order valence-electron chi connectivity index (χ2n) is 20.1. The minimum absolute atomic E-state index is 0.141. The second kappa shape index (κ2) is 27.0. The van der Waals surface area contributed by atoms with Crippen LogP contribution < -0.4 is 18.9 Å². The molecule has 2 fully saturated rings. The molecule has 0 spiro atoms. The van der Waals surface area contributed by atoms with Gasteiger partial charge in [-0.15, -0.1) is 0 Å². The SMILES string of the molecule is CCCC1=NC(C(=O)c2cccc(Oc3ccccc3)c2)=C(C)C(C(=O)O)(C2CCOC2)C1Oc1ccccc1.CCCc1nc(Cc2cccc(Oc3ccccc3)c2)c(C)c(C(=O)OC2CCOC2)c1OCc1ccccc1. The number of hydrogen-bond donors (Lipinski definition) is 1. The van der Waals surface area contributed by atoms with Crippen molar-refractivity contribution in [2.45, 2.75) is 91.5 Å². The van der Waals surface area contributed by atoms with Crippen molar-refractivity contribution in [1.29, 1.82) is 0 Å². The number of ether oxygens (including phenoxy) is 7. The fourth-order valence-corrected chi connectivity index (χ4v) is 10.5. The summed E-state index contributed by atoms with van der Waals surface area (Å²) in [5.41, 5.74) is 4.78. The number of aryl methyl sites for hydroxylation is 1. The van der Waals surface area contributed by atoms with E-state index in [2.05, 4.69) is 6.92 Å². The third-order valence-electron chi connectivity index (χ3n) is 14.6. The van der Waals surface area contributed by atoms with Crippen molar-refractivity contribution in [3.05, 3.63) is 220 Å². The first-order valence-corrected chi connectivity index (χ1v) is 27.5. The molecule has 412 valence electrons. The summed E-state index contributed by atoms with van der Waals surface area (Å²) >= 11 is 0. The minimum atomic E-state index is -1.53. The van der Waals surface area contributed by atoms with Crippen LogP contribution in [0, 0.1) is 18.3 Å². The molecule has 4 unspecified atom stereocenters. The molecule has 13 nitrogen and oxygen atoms in total. The number of benzene rings is 6. The number of nitrogens with zero attached hydrogens (tertiary/aromatic N) is 2. The van der Waals surface area contributed by atoms with Gasteiger partial charge < -0.3 is 38.3 Å². The quantitative estimate of drug-likeness (QED) is 0.0536. The Morgan fingerprint density at radius 3 is 1.81 bits per heavy atom. The molecular weight excluding hydrogens is 1010 g/mol. The van der Waals surface area contributed by atoms with Crippen LogP contribution in [-0.4, -0.2) is 72.2 Å². The summed E-state index contributed by atoms with van der Waals surface area (Å²) in [7, 11) is 0. The Balaban J connectivity index is 0.000000194. The smallest absolute Gasteiger partial charge is 0.342 e. The molecular formula is C67H68N2O11. The first-order chi connectivity index (χ1) is 39.0. The Morgan fingerprint density at radius 1 is 0.637 bits per heavy atom. The van der Waals surface area contributed by atoms with Crippen molar-refractivity contribution >= 4 is 23.4 Å². The largest absolute Gasteiger partial charge is 0.486 e. The van der Waals surface area contributed by atoms with Gasteiger partial charge in [0.05, 0.1) is 31.2 Å². The molecule has 0 bridgehead atoms. The molecule has 6 aromatic carbocycles. The molecule has 7 aromatic rings. The normalized spacial score (nSPS) is 18.6. The van der Waals surface area contributed by atoms with Crippen LogP contribution in [0.5, 0.6) is 34.5 Å². The number of hydrogen-bond acceptors (Lipinski definition) is 12. The first kappa shape index (κ1) is 56.3. The van der Waals surface area contributed by atoms with Gasteiger partial charge in [0.1, 0.15) is 58.1 Å². The number of carboxylic acid groups (broad SMARTS) is 1. The van der Waals surface area contributed by atoms with Gasteiger partial charge in [0.2, 0.25) is 5.78 Å². The number of carboxylic acids is 1. The van der Waals surface area contributed by atoms with E-state index in [9.17, 15) is 19.5 Å². The zero-order valence-electron chi connectivity index (χ0n) is 45.8. The average molecular weight is 1080 g/mol. The molecule has 4 atom stereocenters. The molecule has 4 heterocycles. The third-order valence-corrected chi connectivity index (χ3v) is 14.6. The van der Waals surface area contributed by atoms with Crippen molar-refractivity contribution in [3.8, 4) is 34.5 Å². The molecule has 1 aromatic heterocycles. The van der Waals surface area contributed by atoms with Crippen molar-refractivity contribution in [1.82, 2.24) is 4.98 Å². The highest BCUT2D eigenvalue weighted by atomic mass is 16.6. The summed E-state index contributed by atoms with van der Waals surface area (Å²) in [6.07, 6.45) is 3.38. The van der Waals surface area contributed by atoms with Crippen LogP contribution in [0.1, 0.15) is 102 Å². The third kappa shape index (κ3) is 13.4. The number of aromatic nitrogens is 1. The predicted octanol–water partition coefficient (Wildman–Crippen LogP) is 14.0. The number of ketones is 1. The van der Waals surface area contributed by atoms with E-state index in [1.54, 1.807) is 43.3 Å². The molecule has 0 saturated carbocycles. The summed E-state index contributed by atoms with van der Waals surface area (Å²) in [6.45, 7) is 9.80. The van der Waals surface area contributed by atoms with Gasteiger partial charge in [-0.25, -0.2) is 9.79 Å². The van der Waals surface area contributed by atoms with Gasteiger partial charge in [0.15, 0.2) is 11.9 Å². The highest BCUT2D eigenvalue weighted by Gasteiger charge is 2.60. The maximum absolute atomic E-state index is 14.1. The number of para-hydroxylation sites is 3. The molecule has 2 saturated heterocycles. The van der Waals surface area contributed by atoms with Gasteiger partial charge in [-0.05, 0) is 116 Å². The average Bonchev–Trinajstić information content (AvgIpc) is 3.39. The lowest BCUT2D eigenvalue weighted by Gasteiger charge is -2.44. The number of aliphatic carboxylic acids is 1. The number of Topliss-reactive ketones (excluding diaryl/α,β-unsaturated/α-hetero) is 1. The Bertz CT molecular complexity index is 3280. The van der Waals surface area contributed by atoms with E-state index >= 15 is 0 Å². The Kier molecular flexibility index (Phi) is 19.0. The van der Waals surface area contributed by atoms with Crippen molar-refractivity contribution < 1.29 is 52.6 Å². The fraction of sp³-hybridized carbons (Fsp3) is 0.299. The Labute approximate surface area is 468 Å². The van der Waals surface area contributed by atoms with Crippen LogP contribution in [0.4, 0.5) is 0 Å².